The molecule has 14 nitrogen and oxygen atoms in total. The first-order valence-electron chi connectivity index (χ1n) is 12.4. The molecule has 1 aromatic carbocycles. The number of carbonyl (C=O) groups excluding carboxylic acids is 1. The number of esters is 1. The number of aliphatic hydroxyl groups is 2. The minimum Gasteiger partial charge on any atom is -0.462 e. The van der Waals surface area contributed by atoms with Gasteiger partial charge in [-0.2, -0.15) is 5.09 Å². The largest absolute Gasteiger partial charge is 0.462 e. The van der Waals surface area contributed by atoms with E-state index >= 15 is 0 Å². The van der Waals surface area contributed by atoms with Gasteiger partial charge in [0, 0.05) is 18.8 Å². The van der Waals surface area contributed by atoms with Gasteiger partial charge in [0.15, 0.2) is 17.4 Å². The summed E-state index contributed by atoms with van der Waals surface area (Å²) in [6.45, 7) is 4.43. The molecule has 4 rings (SSSR count). The maximum atomic E-state index is 14.6. The molecule has 0 radical (unpaired) electrons. The zero-order valence-electron chi connectivity index (χ0n) is 22.2. The van der Waals surface area contributed by atoms with Gasteiger partial charge in [-0.3, -0.25) is 23.7 Å². The van der Waals surface area contributed by atoms with Crippen LogP contribution in [-0.4, -0.2) is 67.5 Å². The first-order valence-corrected chi connectivity index (χ1v) is 13.9. The number of H-pyrrole nitrogens is 1. The first-order chi connectivity index (χ1) is 18.6. The fourth-order valence-corrected chi connectivity index (χ4v) is 6.51. The van der Waals surface area contributed by atoms with Crippen LogP contribution in [-0.2, 0) is 29.9 Å². The molecule has 3 unspecified atom stereocenters. The van der Waals surface area contributed by atoms with Crippen molar-refractivity contribution in [3.05, 3.63) is 62.9 Å². The molecule has 40 heavy (non-hydrogen) atoms. The van der Waals surface area contributed by atoms with E-state index in [0.717, 1.165) is 29.3 Å². The number of rotatable bonds is 11. The van der Waals surface area contributed by atoms with E-state index < -0.39 is 72.9 Å². The number of ether oxygens (including phenoxy) is 2. The smallest absolute Gasteiger partial charge is 0.459 e. The quantitative estimate of drug-likeness (QED) is 0.177. The molecule has 1 aliphatic carbocycles. The lowest BCUT2D eigenvalue weighted by molar-refractivity contribution is -0.165. The Labute approximate surface area is 227 Å². The molecule has 1 saturated heterocycles. The second-order valence-electron chi connectivity index (χ2n) is 10.2. The molecule has 1 saturated carbocycles. The Morgan fingerprint density at radius 3 is 2.42 bits per heavy atom. The summed E-state index contributed by atoms with van der Waals surface area (Å²) >= 11 is 0. The highest BCUT2D eigenvalue weighted by atomic mass is 31.2. The van der Waals surface area contributed by atoms with E-state index in [1.807, 2.05) is 4.98 Å². The fourth-order valence-electron chi connectivity index (χ4n) is 4.78. The number of halogens is 1. The van der Waals surface area contributed by atoms with Crippen LogP contribution in [0.4, 0.5) is 4.39 Å². The monoisotopic (exact) mass is 586 g/mol. The van der Waals surface area contributed by atoms with Gasteiger partial charge in [0.05, 0.1) is 6.10 Å². The van der Waals surface area contributed by atoms with Crippen LogP contribution in [0.1, 0.15) is 39.5 Å². The van der Waals surface area contributed by atoms with E-state index in [2.05, 4.69) is 5.09 Å². The summed E-state index contributed by atoms with van der Waals surface area (Å²) < 4.78 is 51.4. The predicted octanol–water partition coefficient (Wildman–Crippen LogP) is 0.230. The lowest BCUT2D eigenvalue weighted by Crippen LogP contribution is -2.51. The molecule has 220 valence electrons. The summed E-state index contributed by atoms with van der Waals surface area (Å²) in [5, 5.41) is 25.3. The van der Waals surface area contributed by atoms with E-state index in [0.29, 0.717) is 0 Å². The molecule has 2 heterocycles. The van der Waals surface area contributed by atoms with E-state index in [4.69, 9.17) is 24.3 Å². The molecule has 2 aliphatic rings. The van der Waals surface area contributed by atoms with Crippen molar-refractivity contribution in [3.8, 4) is 5.75 Å². The van der Waals surface area contributed by atoms with Gasteiger partial charge in [-0.25, -0.2) is 13.8 Å². The maximum Gasteiger partial charge on any atom is 0.459 e. The van der Waals surface area contributed by atoms with E-state index in [1.165, 1.54) is 19.1 Å². The van der Waals surface area contributed by atoms with Gasteiger partial charge in [-0.15, -0.1) is 0 Å². The van der Waals surface area contributed by atoms with Gasteiger partial charge >= 0.3 is 19.4 Å². The molecular weight excluding hydrogens is 554 g/mol. The minimum atomic E-state index is -4.64. The SMILES string of the molecule is CC(C)OC(=O)C(C)NP(=O)(Oc1ccc(CN)cc1)OC1[C@]2(O)[C@@](C)(O)[C@H](n3ccc(=O)[nH]c3=O)O[C@]12CF. The van der Waals surface area contributed by atoms with Gasteiger partial charge in [-0.1, -0.05) is 12.1 Å². The topological polar surface area (TPSA) is 204 Å². The molecule has 0 spiro atoms. The van der Waals surface area contributed by atoms with Crippen LogP contribution in [0, 0.1) is 0 Å². The van der Waals surface area contributed by atoms with Crippen molar-refractivity contribution >= 4 is 13.7 Å². The van der Waals surface area contributed by atoms with Crippen molar-refractivity contribution in [3.63, 3.8) is 0 Å². The second kappa shape index (κ2) is 10.5. The molecule has 1 aromatic heterocycles. The van der Waals surface area contributed by atoms with Gasteiger partial charge in [-0.05, 0) is 45.4 Å². The lowest BCUT2D eigenvalue weighted by atomic mass is 9.94. The van der Waals surface area contributed by atoms with Crippen LogP contribution >= 0.6 is 7.75 Å². The number of benzene rings is 1. The third-order valence-electron chi connectivity index (χ3n) is 6.93. The Hall–Kier alpha value is -2.91. The van der Waals surface area contributed by atoms with Crippen LogP contribution in [0.5, 0.6) is 5.75 Å². The highest BCUT2D eigenvalue weighted by Crippen LogP contribution is 2.71. The fraction of sp³-hybridized carbons (Fsp3) is 0.542. The van der Waals surface area contributed by atoms with Crippen molar-refractivity contribution in [1.29, 1.82) is 0 Å². The number of hydrogen-bond donors (Lipinski definition) is 5. The maximum absolute atomic E-state index is 14.6. The number of aromatic amines is 1. The zero-order chi connectivity index (χ0) is 29.7. The standard InChI is InChI=1S/C24H32FN4O10P/c1-13(2)36-18(31)14(3)28-40(35,38-16-7-5-15(11-26)6-8-16)39-19-23(12-25)24(19,34)22(4,33)20(37-23)29-10-9-17(30)27-21(29)32/h5-10,13-14,19-20,33-34H,11-12,26H2,1-4H3,(H,28,35)(H,27,30,32)/t14?,19?,20-,22+,23-,24+,40?/m1/s1. The van der Waals surface area contributed by atoms with Gasteiger partial charge in [0.1, 0.15) is 30.2 Å². The predicted molar refractivity (Wildman–Crippen MR) is 137 cm³/mol. The van der Waals surface area contributed by atoms with Crippen LogP contribution in [0.3, 0.4) is 0 Å². The van der Waals surface area contributed by atoms with Crippen molar-refractivity contribution in [2.75, 3.05) is 6.67 Å². The second-order valence-corrected chi connectivity index (χ2v) is 11.8. The third-order valence-corrected chi connectivity index (χ3v) is 8.57. The van der Waals surface area contributed by atoms with Gasteiger partial charge < -0.3 is 29.9 Å². The molecule has 7 atom stereocenters. The minimum absolute atomic E-state index is 0.0231. The molecule has 16 heteroatoms. The van der Waals surface area contributed by atoms with Crippen molar-refractivity contribution in [2.45, 2.75) is 75.5 Å². The van der Waals surface area contributed by atoms with Crippen LogP contribution < -0.4 is 26.6 Å². The summed E-state index contributed by atoms with van der Waals surface area (Å²) in [6.07, 6.45) is -2.92. The van der Waals surface area contributed by atoms with Crippen LogP contribution in [0.25, 0.3) is 0 Å². The summed E-state index contributed by atoms with van der Waals surface area (Å²) in [7, 11) is -4.64. The number of carbonyl (C=O) groups is 1. The molecule has 0 bridgehead atoms. The number of fused-ring (bicyclic) bond motifs is 1. The summed E-state index contributed by atoms with van der Waals surface area (Å²) in [4.78, 5) is 38.2. The summed E-state index contributed by atoms with van der Waals surface area (Å²) in [5.74, 6) is -0.772. The van der Waals surface area contributed by atoms with E-state index in [-0.39, 0.29) is 12.3 Å². The van der Waals surface area contributed by atoms with Gasteiger partial charge in [0.25, 0.3) is 5.56 Å². The number of aromatic nitrogens is 2. The molecular formula is C24H32FN4O10P. The number of nitrogens with two attached hydrogens (primary N) is 1. The number of nitrogens with one attached hydrogen (secondary N) is 2. The number of nitrogens with zero attached hydrogens (tertiary/aromatic N) is 1. The Morgan fingerprint density at radius 1 is 1.25 bits per heavy atom. The molecule has 1 aliphatic heterocycles. The molecule has 2 fully saturated rings. The van der Waals surface area contributed by atoms with Crippen molar-refractivity contribution < 1.29 is 42.5 Å². The van der Waals surface area contributed by atoms with Crippen LogP contribution in [0.2, 0.25) is 0 Å². The highest BCUT2D eigenvalue weighted by Gasteiger charge is 2.93. The van der Waals surface area contributed by atoms with E-state index in [1.54, 1.807) is 26.0 Å². The lowest BCUT2D eigenvalue weighted by Gasteiger charge is -2.33. The Balaban J connectivity index is 1.66. The Kier molecular flexibility index (Phi) is 7.88. The zero-order valence-corrected chi connectivity index (χ0v) is 23.1. The average Bonchev–Trinajstić information content (AvgIpc) is 3.32. The highest BCUT2D eigenvalue weighted by molar-refractivity contribution is 7.52. The number of hydrogen-bond acceptors (Lipinski definition) is 11. The van der Waals surface area contributed by atoms with Crippen molar-refractivity contribution in [2.24, 2.45) is 5.73 Å². The van der Waals surface area contributed by atoms with Gasteiger partial charge in [0.2, 0.25) is 0 Å². The van der Waals surface area contributed by atoms with E-state index in [9.17, 15) is 33.6 Å². The normalized spacial score (nSPS) is 31.3. The summed E-state index contributed by atoms with van der Waals surface area (Å²) in [6, 6.07) is 5.80. The Morgan fingerprint density at radius 2 is 1.90 bits per heavy atom. The summed E-state index contributed by atoms with van der Waals surface area (Å²) in [5.41, 5.74) is -2.59. The number of alkyl halides is 1. The van der Waals surface area contributed by atoms with Crippen molar-refractivity contribution in [1.82, 2.24) is 14.6 Å². The molecule has 6 N–H and O–H groups in total. The van der Waals surface area contributed by atoms with Crippen LogP contribution in [0.15, 0.2) is 46.1 Å². The average molecular weight is 587 g/mol. The molecule has 2 aromatic rings. The molecule has 0 amide bonds. The Bertz CT molecular complexity index is 1430. The third kappa shape index (κ3) is 4.91. The first kappa shape index (κ1) is 30.1.